The molecule has 0 saturated carbocycles. The number of aldehydes is 1. The molecule has 2 aromatic rings. The number of likely N-dealkylation sites (N-methyl/N-ethyl adjacent to an activating group) is 1. The molecule has 3 heterocycles. The highest BCUT2D eigenvalue weighted by molar-refractivity contribution is 7.18. The number of fused-ring (bicyclic) bond motifs is 2. The molecule has 1 N–H and O–H groups in total. The van der Waals surface area contributed by atoms with E-state index in [1.165, 1.54) is 16.2 Å². The number of nitrogens with zero attached hydrogens (tertiary/aromatic N) is 3. The molecule has 118 valence electrons. The van der Waals surface area contributed by atoms with Gasteiger partial charge < -0.3 is 15.1 Å². The second-order valence-electron chi connectivity index (χ2n) is 5.56. The molecule has 0 spiro atoms. The fourth-order valence-corrected chi connectivity index (χ4v) is 3.74. The van der Waals surface area contributed by atoms with Gasteiger partial charge in [0.05, 0.1) is 21.8 Å². The van der Waals surface area contributed by atoms with E-state index in [0.717, 1.165) is 34.1 Å². The van der Waals surface area contributed by atoms with Crippen LogP contribution in [-0.4, -0.2) is 55.1 Å². The number of rotatable bonds is 1. The zero-order valence-electron chi connectivity index (χ0n) is 15.5. The molecule has 6 heteroatoms. The average Bonchev–Trinajstić information content (AvgIpc) is 2.96. The largest absolute Gasteiger partial charge is 0.353 e. The van der Waals surface area contributed by atoms with Crippen LogP contribution in [0.5, 0.6) is 0 Å². The van der Waals surface area contributed by atoms with E-state index in [9.17, 15) is 4.79 Å². The van der Waals surface area contributed by atoms with Gasteiger partial charge in [-0.2, -0.15) is 0 Å². The van der Waals surface area contributed by atoms with Crippen LogP contribution in [0.25, 0.3) is 0 Å². The summed E-state index contributed by atoms with van der Waals surface area (Å²) in [6, 6.07) is 9.62. The maximum atomic E-state index is 11.3. The number of hydrogen-bond acceptors (Lipinski definition) is 6. The van der Waals surface area contributed by atoms with Gasteiger partial charge in [-0.05, 0) is 25.2 Å². The Kier molecular flexibility index (Phi) is 2.86. The number of hydrogen-bond donors (Lipinski definition) is 1. The van der Waals surface area contributed by atoms with Crippen LogP contribution in [0.4, 0.5) is 16.4 Å². The summed E-state index contributed by atoms with van der Waals surface area (Å²) >= 11 is 1.40. The molecule has 1 aromatic heterocycles. The summed E-state index contributed by atoms with van der Waals surface area (Å²) in [7, 11) is 0. The Balaban J connectivity index is 1.71. The lowest BCUT2D eigenvalue weighted by atomic mass is 10.2. The van der Waals surface area contributed by atoms with E-state index in [0.29, 0.717) is 31.1 Å². The number of piperazine rings is 1. The van der Waals surface area contributed by atoms with Crippen molar-refractivity contribution in [3.8, 4) is 0 Å². The van der Waals surface area contributed by atoms with E-state index >= 15 is 0 Å². The predicted molar refractivity (Wildman–Crippen MR) is 94.7 cm³/mol. The Bertz CT molecular complexity index is 869. The van der Waals surface area contributed by atoms with E-state index < -0.39 is 6.98 Å². The smallest absolute Gasteiger partial charge is 0.160 e. The highest BCUT2D eigenvalue weighted by Gasteiger charge is 2.25. The first kappa shape index (κ1) is 11.4. The zero-order valence-corrected chi connectivity index (χ0v) is 13.3. The first-order valence-electron chi connectivity index (χ1n) is 9.00. The van der Waals surface area contributed by atoms with Gasteiger partial charge in [-0.25, -0.2) is 4.99 Å². The monoisotopic (exact) mass is 329 g/mol. The van der Waals surface area contributed by atoms with Gasteiger partial charge in [0.1, 0.15) is 10.8 Å². The number of aliphatic imine (C=N–C) groups is 1. The standard InChI is InChI=1S/C17H18N4OS/c1-20-6-8-21(9-7-20)16-13-10-12(11-22)23-17(13)19-15-5-3-2-4-14(15)18-16/h2-5,10-11,19H,6-9H2,1H3/i1D3. The van der Waals surface area contributed by atoms with Crippen molar-refractivity contribution in [2.45, 2.75) is 0 Å². The molecule has 0 atom stereocenters. The van der Waals surface area contributed by atoms with Gasteiger partial charge >= 0.3 is 0 Å². The Labute approximate surface area is 143 Å². The van der Waals surface area contributed by atoms with Crippen molar-refractivity contribution in [2.24, 2.45) is 4.99 Å². The van der Waals surface area contributed by atoms with Gasteiger partial charge in [0.25, 0.3) is 0 Å². The molecule has 2 aliphatic heterocycles. The van der Waals surface area contributed by atoms with Gasteiger partial charge in [0.15, 0.2) is 6.29 Å². The first-order valence-corrected chi connectivity index (χ1v) is 8.31. The van der Waals surface area contributed by atoms with Crippen molar-refractivity contribution >= 4 is 39.8 Å². The van der Waals surface area contributed by atoms with Crippen molar-refractivity contribution in [2.75, 3.05) is 38.5 Å². The second-order valence-corrected chi connectivity index (χ2v) is 6.64. The SMILES string of the molecule is [2H]C([2H])([2H])N1CCN(C2=Nc3ccccc3Nc3sc(C=O)cc32)CC1. The fourth-order valence-electron chi connectivity index (χ4n) is 2.86. The second kappa shape index (κ2) is 5.79. The van der Waals surface area contributed by atoms with Gasteiger partial charge in [-0.15, -0.1) is 11.3 Å². The highest BCUT2D eigenvalue weighted by Crippen LogP contribution is 2.38. The molecule has 1 aromatic carbocycles. The number of benzene rings is 1. The van der Waals surface area contributed by atoms with Crippen molar-refractivity contribution in [1.29, 1.82) is 0 Å². The molecule has 5 nitrogen and oxygen atoms in total. The predicted octanol–water partition coefficient (Wildman–Crippen LogP) is 2.94. The zero-order chi connectivity index (χ0) is 18.3. The summed E-state index contributed by atoms with van der Waals surface area (Å²) in [6.07, 6.45) is 0.844. The van der Waals surface area contributed by atoms with E-state index in [4.69, 9.17) is 9.10 Å². The third-order valence-corrected chi connectivity index (χ3v) is 5.04. The minimum Gasteiger partial charge on any atom is -0.353 e. The summed E-state index contributed by atoms with van der Waals surface area (Å²) < 4.78 is 22.7. The Morgan fingerprint density at radius 2 is 2.13 bits per heavy atom. The van der Waals surface area contributed by atoms with Crippen LogP contribution < -0.4 is 5.32 Å². The van der Waals surface area contributed by atoms with Gasteiger partial charge in [-0.3, -0.25) is 4.79 Å². The summed E-state index contributed by atoms with van der Waals surface area (Å²) in [6.45, 7) is -0.0187. The summed E-state index contributed by atoms with van der Waals surface area (Å²) in [5.41, 5.74) is 2.61. The summed E-state index contributed by atoms with van der Waals surface area (Å²) in [5.74, 6) is 0.784. The number of anilines is 2. The summed E-state index contributed by atoms with van der Waals surface area (Å²) in [5, 5.41) is 4.26. The Morgan fingerprint density at radius 1 is 1.30 bits per heavy atom. The van der Waals surface area contributed by atoms with Gasteiger partial charge in [0, 0.05) is 30.3 Å². The van der Waals surface area contributed by atoms with Gasteiger partial charge in [-0.1, -0.05) is 12.1 Å². The van der Waals surface area contributed by atoms with Crippen LogP contribution in [0.3, 0.4) is 0 Å². The van der Waals surface area contributed by atoms with Crippen LogP contribution in [0.1, 0.15) is 19.3 Å². The van der Waals surface area contributed by atoms with E-state index in [1.807, 2.05) is 30.3 Å². The van der Waals surface area contributed by atoms with Crippen molar-refractivity contribution in [3.63, 3.8) is 0 Å². The molecule has 0 unspecified atom stereocenters. The molecule has 1 fully saturated rings. The van der Waals surface area contributed by atoms with Crippen molar-refractivity contribution in [1.82, 2.24) is 9.80 Å². The number of thiophene rings is 1. The Morgan fingerprint density at radius 3 is 2.91 bits per heavy atom. The number of para-hydroxylation sites is 2. The van der Waals surface area contributed by atoms with Crippen molar-refractivity contribution < 1.29 is 8.91 Å². The number of nitrogens with one attached hydrogen (secondary N) is 1. The number of carbonyl (C=O) groups excluding carboxylic acids is 1. The molecular weight excluding hydrogens is 308 g/mol. The highest BCUT2D eigenvalue weighted by atomic mass is 32.1. The molecule has 0 bridgehead atoms. The lowest BCUT2D eigenvalue weighted by Gasteiger charge is -2.34. The molecule has 2 aliphatic rings. The van der Waals surface area contributed by atoms with Gasteiger partial charge in [0.2, 0.25) is 0 Å². The Hall–Kier alpha value is -2.18. The van der Waals surface area contributed by atoms with E-state index in [-0.39, 0.29) is 0 Å². The summed E-state index contributed by atoms with van der Waals surface area (Å²) in [4.78, 5) is 20.4. The lowest BCUT2D eigenvalue weighted by molar-refractivity contribution is 0.112. The maximum absolute atomic E-state index is 11.3. The normalized spacial score (nSPS) is 20.1. The third-order valence-electron chi connectivity index (χ3n) is 4.07. The minimum absolute atomic E-state index is 0.449. The van der Waals surface area contributed by atoms with E-state index in [2.05, 4.69) is 10.2 Å². The molecule has 23 heavy (non-hydrogen) atoms. The first-order chi connectivity index (χ1) is 12.5. The molecule has 0 aliphatic carbocycles. The number of carbonyl (C=O) groups is 1. The molecule has 0 amide bonds. The minimum atomic E-state index is -2.07. The quantitative estimate of drug-likeness (QED) is 0.817. The maximum Gasteiger partial charge on any atom is 0.160 e. The van der Waals surface area contributed by atoms with Crippen LogP contribution in [0.2, 0.25) is 0 Å². The van der Waals surface area contributed by atoms with Crippen LogP contribution in [-0.2, 0) is 0 Å². The van der Waals surface area contributed by atoms with E-state index in [1.54, 1.807) is 0 Å². The molecular formula is C17H18N4OS. The van der Waals surface area contributed by atoms with Crippen molar-refractivity contribution in [3.05, 3.63) is 40.8 Å². The van der Waals surface area contributed by atoms with Crippen LogP contribution >= 0.6 is 11.3 Å². The third kappa shape index (κ3) is 2.64. The molecule has 0 radical (unpaired) electrons. The molecule has 4 rings (SSSR count). The van der Waals surface area contributed by atoms with Crippen LogP contribution in [0.15, 0.2) is 35.3 Å². The molecule has 1 saturated heterocycles. The topological polar surface area (TPSA) is 47.9 Å². The fraction of sp³-hybridized carbons (Fsp3) is 0.294. The number of amidine groups is 1. The van der Waals surface area contributed by atoms with Crippen LogP contribution in [0, 0.1) is 0 Å². The average molecular weight is 329 g/mol. The lowest BCUT2D eigenvalue weighted by Crippen LogP contribution is -2.47.